The Labute approximate surface area is 149 Å². The summed E-state index contributed by atoms with van der Waals surface area (Å²) in [5.41, 5.74) is 0.459. The van der Waals surface area contributed by atoms with Crippen molar-refractivity contribution in [2.45, 2.75) is 5.03 Å². The van der Waals surface area contributed by atoms with Crippen LogP contribution in [0.1, 0.15) is 10.4 Å². The highest BCUT2D eigenvalue weighted by molar-refractivity contribution is 9.10. The number of anilines is 1. The van der Waals surface area contributed by atoms with Gasteiger partial charge in [0.1, 0.15) is 10.8 Å². The van der Waals surface area contributed by atoms with Crippen LogP contribution in [0.4, 0.5) is 10.1 Å². The number of ether oxygens (including phenoxy) is 1. The van der Waals surface area contributed by atoms with Gasteiger partial charge in [0.2, 0.25) is 12.8 Å². The zero-order valence-electron chi connectivity index (χ0n) is 12.2. The molecule has 0 aliphatic carbocycles. The van der Waals surface area contributed by atoms with Crippen molar-refractivity contribution < 1.29 is 23.8 Å². The lowest BCUT2D eigenvalue weighted by Gasteiger charge is -2.10. The van der Waals surface area contributed by atoms with E-state index in [0.717, 1.165) is 11.8 Å². The lowest BCUT2D eigenvalue weighted by Crippen LogP contribution is -2.15. The third-order valence-electron chi connectivity index (χ3n) is 2.77. The Kier molecular flexibility index (Phi) is 6.56. The van der Waals surface area contributed by atoms with Crippen molar-refractivity contribution in [1.29, 1.82) is 0 Å². The summed E-state index contributed by atoms with van der Waals surface area (Å²) in [7, 11) is 0. The molecule has 0 fully saturated rings. The molecule has 1 amide bonds. The molecule has 1 aromatic carbocycles. The van der Waals surface area contributed by atoms with E-state index < -0.39 is 12.8 Å². The normalized spacial score (nSPS) is 10.2. The second-order valence-electron chi connectivity index (χ2n) is 4.39. The van der Waals surface area contributed by atoms with Crippen molar-refractivity contribution in [3.63, 3.8) is 0 Å². The zero-order valence-corrected chi connectivity index (χ0v) is 14.6. The van der Waals surface area contributed by atoms with Gasteiger partial charge in [0, 0.05) is 16.7 Å². The summed E-state index contributed by atoms with van der Waals surface area (Å²) in [6.07, 6.45) is 1.46. The summed E-state index contributed by atoms with van der Waals surface area (Å²) >= 11 is 4.29. The maximum Gasteiger partial charge on any atom is 0.338 e. The molecular weight excluding hydrogens is 403 g/mol. The Morgan fingerprint density at radius 3 is 2.88 bits per heavy atom. The lowest BCUT2D eigenvalue weighted by molar-refractivity contribution is -0.113. The maximum atomic E-state index is 12.2. The van der Waals surface area contributed by atoms with E-state index in [0.29, 0.717) is 10.2 Å². The molecule has 24 heavy (non-hydrogen) atoms. The quantitative estimate of drug-likeness (QED) is 0.673. The summed E-state index contributed by atoms with van der Waals surface area (Å²) < 4.78 is 17.5. The van der Waals surface area contributed by atoms with Crippen molar-refractivity contribution in [3.05, 3.63) is 46.6 Å². The van der Waals surface area contributed by atoms with Crippen LogP contribution in [-0.2, 0) is 4.79 Å². The minimum Gasteiger partial charge on any atom is -0.478 e. The van der Waals surface area contributed by atoms with Crippen molar-refractivity contribution in [1.82, 2.24) is 4.98 Å². The number of nitrogens with zero attached hydrogens (tertiary/aromatic N) is 1. The van der Waals surface area contributed by atoms with Crippen LogP contribution in [0.15, 0.2) is 46.0 Å². The second kappa shape index (κ2) is 8.65. The van der Waals surface area contributed by atoms with Crippen LogP contribution in [0.3, 0.4) is 0 Å². The molecule has 0 saturated carbocycles. The van der Waals surface area contributed by atoms with Crippen LogP contribution in [-0.4, -0.2) is 34.6 Å². The first-order valence-electron chi connectivity index (χ1n) is 6.60. The van der Waals surface area contributed by atoms with Gasteiger partial charge < -0.3 is 15.2 Å². The molecule has 2 aromatic rings. The number of carbonyl (C=O) groups is 2. The molecule has 126 valence electrons. The van der Waals surface area contributed by atoms with E-state index in [1.807, 2.05) is 0 Å². The van der Waals surface area contributed by atoms with Crippen LogP contribution < -0.4 is 10.1 Å². The molecule has 2 N–H and O–H groups in total. The standard InChI is InChI=1S/C15H12BrFN2O4S/c16-11-4-3-9(23-8-17)6-12(11)19-13(20)7-24-14-10(15(21)22)2-1-5-18-14/h1-6H,7-8H2,(H,19,20)(H,21,22). The first-order chi connectivity index (χ1) is 11.5. The van der Waals surface area contributed by atoms with Gasteiger partial charge in [-0.1, -0.05) is 11.8 Å². The van der Waals surface area contributed by atoms with Crippen LogP contribution in [0.25, 0.3) is 0 Å². The summed E-state index contributed by atoms with van der Waals surface area (Å²) in [4.78, 5) is 27.1. The Morgan fingerprint density at radius 1 is 1.38 bits per heavy atom. The summed E-state index contributed by atoms with van der Waals surface area (Å²) in [5, 5.41) is 12.0. The van der Waals surface area contributed by atoms with Gasteiger partial charge in [-0.25, -0.2) is 14.2 Å². The molecule has 0 atom stereocenters. The third kappa shape index (κ3) is 4.93. The van der Waals surface area contributed by atoms with Gasteiger partial charge >= 0.3 is 5.97 Å². The molecule has 0 spiro atoms. The number of nitrogens with one attached hydrogen (secondary N) is 1. The number of carboxylic acid groups (broad SMARTS) is 1. The van der Waals surface area contributed by atoms with Crippen LogP contribution in [0, 0.1) is 0 Å². The fraction of sp³-hybridized carbons (Fsp3) is 0.133. The predicted octanol–water partition coefficient (Wildman–Crippen LogP) is 3.58. The number of halogens is 2. The van der Waals surface area contributed by atoms with Gasteiger partial charge in [0.25, 0.3) is 0 Å². The Balaban J connectivity index is 2.02. The SMILES string of the molecule is O=C(CSc1ncccc1C(=O)O)Nc1cc(OCF)ccc1Br. The first kappa shape index (κ1) is 18.2. The molecule has 6 nitrogen and oxygen atoms in total. The third-order valence-corrected chi connectivity index (χ3v) is 4.47. The van der Waals surface area contributed by atoms with Gasteiger partial charge in [-0.2, -0.15) is 0 Å². The van der Waals surface area contributed by atoms with Crippen molar-refractivity contribution in [2.75, 3.05) is 17.9 Å². The number of hydrogen-bond donors (Lipinski definition) is 2. The Morgan fingerprint density at radius 2 is 2.17 bits per heavy atom. The van der Waals surface area contributed by atoms with E-state index in [1.165, 1.54) is 24.4 Å². The summed E-state index contributed by atoms with van der Waals surface area (Å²) in [6, 6.07) is 7.59. The minimum absolute atomic E-state index is 0.0298. The molecule has 1 heterocycles. The molecule has 2 rings (SSSR count). The number of benzene rings is 1. The Bertz CT molecular complexity index is 760. The average Bonchev–Trinajstić information content (AvgIpc) is 2.56. The van der Waals surface area contributed by atoms with E-state index in [1.54, 1.807) is 12.1 Å². The van der Waals surface area contributed by atoms with Gasteiger partial charge in [0.15, 0.2) is 0 Å². The number of hydrogen-bond acceptors (Lipinski definition) is 5. The van der Waals surface area contributed by atoms with E-state index in [-0.39, 0.29) is 28.0 Å². The van der Waals surface area contributed by atoms with Crippen LogP contribution >= 0.6 is 27.7 Å². The highest BCUT2D eigenvalue weighted by Crippen LogP contribution is 2.28. The molecule has 0 aliphatic heterocycles. The van der Waals surface area contributed by atoms with Crippen LogP contribution in [0.2, 0.25) is 0 Å². The number of alkyl halides is 1. The number of aromatic carboxylic acids is 1. The van der Waals surface area contributed by atoms with E-state index in [9.17, 15) is 14.0 Å². The topological polar surface area (TPSA) is 88.5 Å². The number of pyridine rings is 1. The smallest absolute Gasteiger partial charge is 0.338 e. The predicted molar refractivity (Wildman–Crippen MR) is 91.3 cm³/mol. The zero-order chi connectivity index (χ0) is 17.5. The van der Waals surface area contributed by atoms with Crippen LogP contribution in [0.5, 0.6) is 5.75 Å². The maximum absolute atomic E-state index is 12.2. The molecule has 0 radical (unpaired) electrons. The second-order valence-corrected chi connectivity index (χ2v) is 6.21. The molecule has 0 unspecified atom stereocenters. The first-order valence-corrected chi connectivity index (χ1v) is 8.38. The summed E-state index contributed by atoms with van der Waals surface area (Å²) in [6.45, 7) is -0.970. The molecule has 1 aromatic heterocycles. The van der Waals surface area contributed by atoms with Gasteiger partial charge in [-0.05, 0) is 40.2 Å². The molecule has 0 saturated heterocycles. The molecule has 0 bridgehead atoms. The van der Waals surface area contributed by atoms with Gasteiger partial charge in [-0.3, -0.25) is 4.79 Å². The number of amides is 1. The fourth-order valence-electron chi connectivity index (χ4n) is 1.74. The van der Waals surface area contributed by atoms with Crippen molar-refractivity contribution >= 4 is 45.3 Å². The van der Waals surface area contributed by atoms with E-state index >= 15 is 0 Å². The number of aromatic nitrogens is 1. The Hall–Kier alpha value is -2.13. The number of rotatable bonds is 7. The van der Waals surface area contributed by atoms with E-state index in [2.05, 4.69) is 26.2 Å². The van der Waals surface area contributed by atoms with Crippen molar-refractivity contribution in [3.8, 4) is 5.75 Å². The van der Waals surface area contributed by atoms with Gasteiger partial charge in [-0.15, -0.1) is 0 Å². The average molecular weight is 415 g/mol. The van der Waals surface area contributed by atoms with Crippen molar-refractivity contribution in [2.24, 2.45) is 0 Å². The molecular formula is C15H12BrFN2O4S. The molecule has 9 heteroatoms. The number of thioether (sulfide) groups is 1. The molecule has 0 aliphatic rings. The van der Waals surface area contributed by atoms with Gasteiger partial charge in [0.05, 0.1) is 17.0 Å². The summed E-state index contributed by atoms with van der Waals surface area (Å²) in [5.74, 6) is -1.22. The number of carbonyl (C=O) groups excluding carboxylic acids is 1. The highest BCUT2D eigenvalue weighted by atomic mass is 79.9. The monoisotopic (exact) mass is 414 g/mol. The van der Waals surface area contributed by atoms with E-state index in [4.69, 9.17) is 9.84 Å². The fourth-order valence-corrected chi connectivity index (χ4v) is 2.87. The largest absolute Gasteiger partial charge is 0.478 e. The number of carboxylic acids is 1. The highest BCUT2D eigenvalue weighted by Gasteiger charge is 2.13. The lowest BCUT2D eigenvalue weighted by atomic mass is 10.3. The minimum atomic E-state index is -1.11.